The summed E-state index contributed by atoms with van der Waals surface area (Å²) in [7, 11) is 1.66. The molecule has 0 unspecified atom stereocenters. The Morgan fingerprint density at radius 2 is 1.85 bits per heavy atom. The third-order valence-corrected chi connectivity index (χ3v) is 3.10. The van der Waals surface area contributed by atoms with Gasteiger partial charge in [0.25, 0.3) is 0 Å². The summed E-state index contributed by atoms with van der Waals surface area (Å²) in [5.41, 5.74) is 4.04. The summed E-state index contributed by atoms with van der Waals surface area (Å²) in [6.07, 6.45) is 0.925. The molecule has 0 aliphatic carbocycles. The molecule has 0 aliphatic rings. The molecule has 6 heteroatoms. The molecule has 3 N–H and O–H groups in total. The number of benzene rings is 1. The highest BCUT2D eigenvalue weighted by molar-refractivity contribution is 5.61. The minimum atomic E-state index is -0.830. The van der Waals surface area contributed by atoms with Gasteiger partial charge in [0.2, 0.25) is 0 Å². The van der Waals surface area contributed by atoms with Gasteiger partial charge >= 0.3 is 0 Å². The molecule has 0 fully saturated rings. The topological polar surface area (TPSA) is 54.2 Å². The van der Waals surface area contributed by atoms with E-state index < -0.39 is 11.6 Å². The predicted octanol–water partition coefficient (Wildman–Crippen LogP) is 2.98. The molecule has 0 saturated carbocycles. The molecule has 2 rings (SSSR count). The van der Waals surface area contributed by atoms with E-state index in [0.717, 1.165) is 18.2 Å². The van der Waals surface area contributed by atoms with Gasteiger partial charge in [0.1, 0.15) is 0 Å². The first kappa shape index (κ1) is 14.2. The molecule has 2 aromatic rings. The number of aryl methyl sites for hydroxylation is 1. The average Bonchev–Trinajstić information content (AvgIpc) is 2.47. The zero-order valence-electron chi connectivity index (χ0n) is 11.3. The second-order valence-electron chi connectivity index (χ2n) is 4.35. The SMILES string of the molecule is CCc1ccc(N(C)c2nc(NN)c(F)cc2F)cc1. The summed E-state index contributed by atoms with van der Waals surface area (Å²) in [5.74, 6) is 3.38. The summed E-state index contributed by atoms with van der Waals surface area (Å²) in [4.78, 5) is 5.39. The lowest BCUT2D eigenvalue weighted by Crippen LogP contribution is -2.17. The van der Waals surface area contributed by atoms with Crippen LogP contribution in [0.25, 0.3) is 0 Å². The zero-order chi connectivity index (χ0) is 14.7. The van der Waals surface area contributed by atoms with E-state index in [4.69, 9.17) is 5.84 Å². The third-order valence-electron chi connectivity index (χ3n) is 3.10. The molecule has 1 aromatic carbocycles. The lowest BCUT2D eigenvalue weighted by Gasteiger charge is -2.20. The summed E-state index contributed by atoms with van der Waals surface area (Å²) in [6, 6.07) is 8.39. The fourth-order valence-electron chi connectivity index (χ4n) is 1.87. The molecular formula is C14H16F2N4. The fourth-order valence-corrected chi connectivity index (χ4v) is 1.87. The van der Waals surface area contributed by atoms with Crippen LogP contribution in [0.3, 0.4) is 0 Å². The van der Waals surface area contributed by atoms with Gasteiger partial charge in [0.05, 0.1) is 0 Å². The highest BCUT2D eigenvalue weighted by Gasteiger charge is 2.15. The number of nitrogens with two attached hydrogens (primary N) is 1. The molecule has 1 heterocycles. The Hall–Kier alpha value is -2.21. The smallest absolute Gasteiger partial charge is 0.178 e. The lowest BCUT2D eigenvalue weighted by atomic mass is 10.1. The van der Waals surface area contributed by atoms with Crippen LogP contribution < -0.4 is 16.2 Å². The van der Waals surface area contributed by atoms with Crippen molar-refractivity contribution in [2.24, 2.45) is 5.84 Å². The van der Waals surface area contributed by atoms with Crippen molar-refractivity contribution in [2.45, 2.75) is 13.3 Å². The molecule has 4 nitrogen and oxygen atoms in total. The van der Waals surface area contributed by atoms with Gasteiger partial charge in [-0.1, -0.05) is 19.1 Å². The van der Waals surface area contributed by atoms with E-state index in [9.17, 15) is 8.78 Å². The number of halogens is 2. The monoisotopic (exact) mass is 278 g/mol. The normalized spacial score (nSPS) is 10.4. The molecule has 20 heavy (non-hydrogen) atoms. The minimum absolute atomic E-state index is 0.00333. The van der Waals surface area contributed by atoms with E-state index in [0.29, 0.717) is 0 Å². The molecule has 0 saturated heterocycles. The van der Waals surface area contributed by atoms with Gasteiger partial charge < -0.3 is 10.3 Å². The van der Waals surface area contributed by atoms with E-state index in [-0.39, 0.29) is 11.6 Å². The Labute approximate surface area is 116 Å². The van der Waals surface area contributed by atoms with Crippen LogP contribution in [0.5, 0.6) is 0 Å². The molecule has 0 radical (unpaired) electrons. The standard InChI is InChI=1S/C14H16F2N4/c1-3-9-4-6-10(7-5-9)20(2)14-12(16)8-11(15)13(18-14)19-17/h4-8H,3,17H2,1-2H3,(H,18,19). The molecule has 0 aliphatic heterocycles. The summed E-state index contributed by atoms with van der Waals surface area (Å²) in [5, 5.41) is 0. The average molecular weight is 278 g/mol. The molecule has 0 bridgehead atoms. The fraction of sp³-hybridized carbons (Fsp3) is 0.214. The number of nitrogen functional groups attached to an aromatic ring is 1. The van der Waals surface area contributed by atoms with Crippen LogP contribution in [-0.4, -0.2) is 12.0 Å². The van der Waals surface area contributed by atoms with Crippen molar-refractivity contribution in [3.05, 3.63) is 47.5 Å². The number of hydrogen-bond donors (Lipinski definition) is 2. The Balaban J connectivity index is 2.38. The Morgan fingerprint density at radius 1 is 1.20 bits per heavy atom. The van der Waals surface area contributed by atoms with Gasteiger partial charge in [0.15, 0.2) is 23.3 Å². The van der Waals surface area contributed by atoms with Crippen LogP contribution in [-0.2, 0) is 6.42 Å². The van der Waals surface area contributed by atoms with E-state index in [2.05, 4.69) is 17.3 Å². The van der Waals surface area contributed by atoms with Crippen molar-refractivity contribution in [1.82, 2.24) is 4.98 Å². The van der Waals surface area contributed by atoms with E-state index >= 15 is 0 Å². The van der Waals surface area contributed by atoms with Gasteiger partial charge in [0, 0.05) is 18.8 Å². The molecule has 106 valence electrons. The van der Waals surface area contributed by atoms with Gasteiger partial charge in [-0.05, 0) is 24.1 Å². The Morgan fingerprint density at radius 3 is 2.40 bits per heavy atom. The third kappa shape index (κ3) is 2.70. The maximum Gasteiger partial charge on any atom is 0.178 e. The first-order valence-corrected chi connectivity index (χ1v) is 6.22. The van der Waals surface area contributed by atoms with Crippen LogP contribution in [0.2, 0.25) is 0 Å². The number of nitrogens with one attached hydrogen (secondary N) is 1. The lowest BCUT2D eigenvalue weighted by molar-refractivity contribution is 0.576. The number of hydrogen-bond acceptors (Lipinski definition) is 4. The number of rotatable bonds is 4. The summed E-state index contributed by atoms with van der Waals surface area (Å²) in [6.45, 7) is 2.05. The van der Waals surface area contributed by atoms with E-state index in [1.54, 1.807) is 7.05 Å². The second-order valence-corrected chi connectivity index (χ2v) is 4.35. The van der Waals surface area contributed by atoms with Crippen LogP contribution in [0, 0.1) is 11.6 Å². The maximum absolute atomic E-state index is 13.8. The van der Waals surface area contributed by atoms with Crippen molar-refractivity contribution in [3.63, 3.8) is 0 Å². The second kappa shape index (κ2) is 5.83. The number of anilines is 3. The molecule has 0 spiro atoms. The Bertz CT molecular complexity index is 599. The largest absolute Gasteiger partial charge is 0.327 e. The van der Waals surface area contributed by atoms with E-state index in [1.165, 1.54) is 10.5 Å². The maximum atomic E-state index is 13.8. The Kier molecular flexibility index (Phi) is 4.14. The molecular weight excluding hydrogens is 262 g/mol. The number of nitrogens with zero attached hydrogens (tertiary/aromatic N) is 2. The summed E-state index contributed by atoms with van der Waals surface area (Å²) < 4.78 is 27.2. The molecule has 0 amide bonds. The van der Waals surface area contributed by atoms with Crippen molar-refractivity contribution in [1.29, 1.82) is 0 Å². The van der Waals surface area contributed by atoms with Crippen LogP contribution in [0.1, 0.15) is 12.5 Å². The summed E-state index contributed by atoms with van der Waals surface area (Å²) >= 11 is 0. The minimum Gasteiger partial charge on any atom is -0.327 e. The quantitative estimate of drug-likeness (QED) is 0.667. The first-order chi connectivity index (χ1) is 9.56. The number of pyridine rings is 1. The van der Waals surface area contributed by atoms with Crippen molar-refractivity contribution in [3.8, 4) is 0 Å². The first-order valence-electron chi connectivity index (χ1n) is 6.22. The van der Waals surface area contributed by atoms with Gasteiger partial charge in [-0.15, -0.1) is 0 Å². The molecule has 0 atom stereocenters. The van der Waals surface area contributed by atoms with Crippen molar-refractivity contribution < 1.29 is 8.78 Å². The number of aromatic nitrogens is 1. The highest BCUT2D eigenvalue weighted by atomic mass is 19.1. The van der Waals surface area contributed by atoms with Gasteiger partial charge in [-0.2, -0.15) is 0 Å². The highest BCUT2D eigenvalue weighted by Crippen LogP contribution is 2.27. The van der Waals surface area contributed by atoms with Crippen LogP contribution in [0.15, 0.2) is 30.3 Å². The zero-order valence-corrected chi connectivity index (χ0v) is 11.3. The number of hydrazine groups is 1. The molecule has 1 aromatic heterocycles. The van der Waals surface area contributed by atoms with Crippen LogP contribution >= 0.6 is 0 Å². The predicted molar refractivity (Wildman–Crippen MR) is 75.8 cm³/mol. The van der Waals surface area contributed by atoms with Gasteiger partial charge in [-0.25, -0.2) is 19.6 Å². The van der Waals surface area contributed by atoms with Crippen LogP contribution in [0.4, 0.5) is 26.1 Å². The van der Waals surface area contributed by atoms with Crippen molar-refractivity contribution in [2.75, 3.05) is 17.4 Å². The van der Waals surface area contributed by atoms with Gasteiger partial charge in [-0.3, -0.25) is 0 Å². The van der Waals surface area contributed by atoms with E-state index in [1.807, 2.05) is 24.3 Å². The van der Waals surface area contributed by atoms with Crippen molar-refractivity contribution >= 4 is 17.3 Å².